The Morgan fingerprint density at radius 3 is 2.71 bits per heavy atom. The van der Waals surface area contributed by atoms with Gasteiger partial charge < -0.3 is 9.21 Å². The van der Waals surface area contributed by atoms with Crippen LogP contribution in [0.4, 0.5) is 0 Å². The van der Waals surface area contributed by atoms with Gasteiger partial charge in [-0.25, -0.2) is 4.21 Å². The molecule has 1 atom stereocenters. The van der Waals surface area contributed by atoms with Crippen LogP contribution < -0.4 is 0 Å². The fraction of sp³-hybridized carbons (Fsp3) is 1.00. The highest BCUT2D eigenvalue weighted by Gasteiger charge is 1.92. The summed E-state index contributed by atoms with van der Waals surface area (Å²) in [5.74, 6) is 0. The maximum absolute atomic E-state index is 9.76. The van der Waals surface area contributed by atoms with Gasteiger partial charge in [-0.1, -0.05) is 0 Å². The second-order valence-corrected chi connectivity index (χ2v) is 1.87. The summed E-state index contributed by atoms with van der Waals surface area (Å²) in [6.07, 6.45) is 0. The van der Waals surface area contributed by atoms with E-state index >= 15 is 0 Å². The molecule has 0 aromatic carbocycles. The summed E-state index contributed by atoms with van der Waals surface area (Å²) in [4.78, 5) is 0. The van der Waals surface area contributed by atoms with Crippen molar-refractivity contribution < 1.29 is 13.4 Å². The van der Waals surface area contributed by atoms with Crippen LogP contribution >= 0.6 is 0 Å². The third-order valence-electron chi connectivity index (χ3n) is 0.377. The first-order valence-electron chi connectivity index (χ1n) is 1.69. The lowest BCUT2D eigenvalue weighted by atomic mass is 10.1. The minimum atomic E-state index is -1.75. The molecule has 0 saturated carbocycles. The maximum Gasteiger partial charge on any atom is 0.307 e. The minimum absolute atomic E-state index is 0.0799. The lowest BCUT2D eigenvalue weighted by Gasteiger charge is -1.86. The van der Waals surface area contributed by atoms with Gasteiger partial charge in [-0.15, -0.1) is 0 Å². The Hall–Kier alpha value is 0.135. The predicted molar refractivity (Wildman–Crippen MR) is 28.4 cm³/mol. The summed E-state index contributed by atoms with van der Waals surface area (Å²) in [6.45, 7) is 0. The van der Waals surface area contributed by atoms with Gasteiger partial charge in [0, 0.05) is 7.11 Å². The van der Waals surface area contributed by atoms with E-state index in [0.717, 1.165) is 0 Å². The van der Waals surface area contributed by atoms with Crippen molar-refractivity contribution >= 4 is 18.6 Å². The smallest absolute Gasteiger partial charge is 0.307 e. The van der Waals surface area contributed by atoms with Crippen molar-refractivity contribution in [3.8, 4) is 0 Å². The van der Waals surface area contributed by atoms with Gasteiger partial charge >= 0.3 is 7.48 Å². The summed E-state index contributed by atoms with van der Waals surface area (Å²) >= 11 is -1.75. The lowest BCUT2D eigenvalue weighted by molar-refractivity contribution is 0.444. The topological polar surface area (TPSA) is 46.5 Å². The van der Waals surface area contributed by atoms with Crippen molar-refractivity contribution in [2.45, 2.75) is 0 Å². The third-order valence-corrected chi connectivity index (χ3v) is 0.799. The van der Waals surface area contributed by atoms with Crippen molar-refractivity contribution in [2.75, 3.05) is 12.8 Å². The minimum Gasteiger partial charge on any atom is -0.442 e. The molecule has 5 heteroatoms. The second-order valence-electron chi connectivity index (χ2n) is 0.891. The lowest BCUT2D eigenvalue weighted by Crippen LogP contribution is -2.05. The molecular formula is C2H6BO3S. The number of rotatable bonds is 3. The molecule has 0 rings (SSSR count). The van der Waals surface area contributed by atoms with Gasteiger partial charge in [-0.05, 0) is 0 Å². The molecule has 0 aromatic heterocycles. The van der Waals surface area contributed by atoms with E-state index in [9.17, 15) is 4.21 Å². The highest BCUT2D eigenvalue weighted by Crippen LogP contribution is 1.68. The Morgan fingerprint density at radius 2 is 2.57 bits per heavy atom. The molecule has 41 valence electrons. The van der Waals surface area contributed by atoms with Crippen molar-refractivity contribution in [1.29, 1.82) is 0 Å². The Balaban J connectivity index is 2.82. The summed E-state index contributed by atoms with van der Waals surface area (Å²) in [5, 5.41) is 0. The van der Waals surface area contributed by atoms with Gasteiger partial charge in [-0.3, -0.25) is 0 Å². The fourth-order valence-electron chi connectivity index (χ4n) is 0.126. The van der Waals surface area contributed by atoms with Crippen LogP contribution in [-0.4, -0.2) is 29.0 Å². The zero-order valence-corrected chi connectivity index (χ0v) is 4.77. The number of hydrogen-bond acceptors (Lipinski definition) is 2. The van der Waals surface area contributed by atoms with Crippen molar-refractivity contribution in [3.63, 3.8) is 0 Å². The molecule has 0 aliphatic rings. The summed E-state index contributed by atoms with van der Waals surface area (Å²) in [6, 6.07) is 0. The third kappa shape index (κ3) is 6.13. The second kappa shape index (κ2) is 4.30. The fourth-order valence-corrected chi connectivity index (χ4v) is 0.379. The molecule has 7 heavy (non-hydrogen) atoms. The van der Waals surface area contributed by atoms with Crippen molar-refractivity contribution in [2.24, 2.45) is 0 Å². The van der Waals surface area contributed by atoms with Crippen LogP contribution in [0.5, 0.6) is 0 Å². The average Bonchev–Trinajstić information content (AvgIpc) is 1.61. The van der Waals surface area contributed by atoms with Gasteiger partial charge in [0.15, 0.2) is 0 Å². The first kappa shape index (κ1) is 7.13. The van der Waals surface area contributed by atoms with Crippen LogP contribution in [0, 0.1) is 0 Å². The van der Waals surface area contributed by atoms with Crippen LogP contribution in [0.1, 0.15) is 0 Å². The zero-order chi connectivity index (χ0) is 5.70. The van der Waals surface area contributed by atoms with Crippen LogP contribution in [-0.2, 0) is 15.7 Å². The van der Waals surface area contributed by atoms with Gasteiger partial charge in [0.05, 0.1) is 5.65 Å². The van der Waals surface area contributed by atoms with E-state index < -0.39 is 11.1 Å². The molecule has 0 aliphatic carbocycles. The molecule has 0 saturated heterocycles. The van der Waals surface area contributed by atoms with E-state index in [1.165, 1.54) is 14.6 Å². The number of hydrogen-bond donors (Lipinski definition) is 1. The normalized spacial score (nSPS) is 13.4. The van der Waals surface area contributed by atoms with Gasteiger partial charge in [-0.2, -0.15) is 0 Å². The van der Waals surface area contributed by atoms with E-state index in [-0.39, 0.29) is 5.65 Å². The summed E-state index contributed by atoms with van der Waals surface area (Å²) in [5.41, 5.74) is 0.0799. The highest BCUT2D eigenvalue weighted by molar-refractivity contribution is 7.80. The van der Waals surface area contributed by atoms with E-state index in [0.29, 0.717) is 0 Å². The van der Waals surface area contributed by atoms with Crippen molar-refractivity contribution in [3.05, 3.63) is 0 Å². The Morgan fingerprint density at radius 1 is 2.00 bits per heavy atom. The molecule has 1 N–H and O–H groups in total. The van der Waals surface area contributed by atoms with E-state index in [2.05, 4.69) is 4.65 Å². The quantitative estimate of drug-likeness (QED) is 0.401. The molecule has 0 amide bonds. The Bertz CT molecular complexity index is 66.0. The van der Waals surface area contributed by atoms with Gasteiger partial charge in [0.1, 0.15) is 11.1 Å². The van der Waals surface area contributed by atoms with Gasteiger partial charge in [0.2, 0.25) is 0 Å². The van der Waals surface area contributed by atoms with E-state index in [1.807, 2.05) is 0 Å². The van der Waals surface area contributed by atoms with Crippen LogP contribution in [0.15, 0.2) is 0 Å². The van der Waals surface area contributed by atoms with E-state index in [1.54, 1.807) is 0 Å². The van der Waals surface area contributed by atoms with Crippen LogP contribution in [0.3, 0.4) is 0 Å². The first-order valence-corrected chi connectivity index (χ1v) is 2.97. The van der Waals surface area contributed by atoms with Gasteiger partial charge in [0.25, 0.3) is 0 Å². The molecule has 0 heterocycles. The molecule has 3 nitrogen and oxygen atoms in total. The Labute approximate surface area is 45.6 Å². The highest BCUT2D eigenvalue weighted by atomic mass is 32.2. The SMILES string of the molecule is CO[B]CS(=O)O. The molecule has 1 radical (unpaired) electrons. The molecule has 0 aromatic rings. The molecular weight excluding hydrogens is 115 g/mol. The zero-order valence-electron chi connectivity index (χ0n) is 3.96. The Kier molecular flexibility index (Phi) is 4.38. The van der Waals surface area contributed by atoms with Crippen LogP contribution in [0.25, 0.3) is 0 Å². The maximum atomic E-state index is 9.76. The molecule has 0 aliphatic heterocycles. The monoisotopic (exact) mass is 121 g/mol. The molecule has 0 bridgehead atoms. The van der Waals surface area contributed by atoms with Crippen LogP contribution in [0.2, 0.25) is 0 Å². The standard InChI is InChI=1S/C2H6BO3S/c1-6-3-2-7(4)5/h2H2,1H3,(H,4,5). The largest absolute Gasteiger partial charge is 0.442 e. The summed E-state index contributed by atoms with van der Waals surface area (Å²) in [7, 11) is 2.71. The van der Waals surface area contributed by atoms with E-state index in [4.69, 9.17) is 4.55 Å². The average molecular weight is 121 g/mol. The van der Waals surface area contributed by atoms with Crippen molar-refractivity contribution in [1.82, 2.24) is 0 Å². The molecule has 0 fully saturated rings. The summed E-state index contributed by atoms with van der Waals surface area (Å²) < 4.78 is 22.2. The molecule has 0 spiro atoms. The predicted octanol–water partition coefficient (Wildman–Crippen LogP) is -0.569. The molecule has 1 unspecified atom stereocenters. The first-order chi connectivity index (χ1) is 3.27.